The number of carbonyl (C=O) groups is 1. The molecule has 0 fully saturated rings. The molecule has 33 heavy (non-hydrogen) atoms. The lowest BCUT2D eigenvalue weighted by Gasteiger charge is -2.13. The SMILES string of the molecule is COCCCNC(=O)c1nn(-c2ccc(C)c(Cl)c2)c(=O)n(Cc2cccc(OC)c2)c1=O. The largest absolute Gasteiger partial charge is 0.497 e. The number of rotatable bonds is 9. The molecular formula is C23H25ClN4O5. The number of benzene rings is 2. The van der Waals surface area contributed by atoms with Gasteiger partial charge < -0.3 is 14.8 Å². The van der Waals surface area contributed by atoms with Crippen molar-refractivity contribution >= 4 is 17.5 Å². The van der Waals surface area contributed by atoms with Gasteiger partial charge in [-0.05, 0) is 48.7 Å². The Morgan fingerprint density at radius 3 is 2.64 bits per heavy atom. The maximum Gasteiger partial charge on any atom is 0.352 e. The second-order valence-electron chi connectivity index (χ2n) is 7.32. The topological polar surface area (TPSA) is 104 Å². The van der Waals surface area contributed by atoms with Crippen molar-refractivity contribution in [2.45, 2.75) is 19.9 Å². The molecule has 0 aliphatic heterocycles. The van der Waals surface area contributed by atoms with Gasteiger partial charge in [0.2, 0.25) is 5.69 Å². The fourth-order valence-corrected chi connectivity index (χ4v) is 3.31. The molecule has 0 atom stereocenters. The Morgan fingerprint density at radius 1 is 1.15 bits per heavy atom. The minimum Gasteiger partial charge on any atom is -0.497 e. The Hall–Kier alpha value is -3.43. The van der Waals surface area contributed by atoms with E-state index in [-0.39, 0.29) is 6.54 Å². The number of hydrogen-bond acceptors (Lipinski definition) is 6. The number of amides is 1. The van der Waals surface area contributed by atoms with E-state index in [0.717, 1.165) is 14.8 Å². The molecule has 3 aromatic rings. The number of carbonyl (C=O) groups excluding carboxylic acids is 1. The lowest BCUT2D eigenvalue weighted by Crippen LogP contribution is -2.46. The zero-order valence-electron chi connectivity index (χ0n) is 18.6. The summed E-state index contributed by atoms with van der Waals surface area (Å²) in [6, 6.07) is 11.9. The Morgan fingerprint density at radius 2 is 1.94 bits per heavy atom. The molecule has 1 amide bonds. The normalized spacial score (nSPS) is 10.8. The Bertz CT molecular complexity index is 1270. The molecule has 0 saturated carbocycles. The second kappa shape index (κ2) is 10.9. The van der Waals surface area contributed by atoms with Crippen LogP contribution in [0.15, 0.2) is 52.1 Å². The van der Waals surface area contributed by atoms with Crippen molar-refractivity contribution in [3.63, 3.8) is 0 Å². The fourth-order valence-electron chi connectivity index (χ4n) is 3.13. The van der Waals surface area contributed by atoms with Crippen LogP contribution in [0.3, 0.4) is 0 Å². The summed E-state index contributed by atoms with van der Waals surface area (Å²) in [6.45, 7) is 2.50. The van der Waals surface area contributed by atoms with Gasteiger partial charge >= 0.3 is 5.69 Å². The average Bonchev–Trinajstić information content (AvgIpc) is 2.81. The van der Waals surface area contributed by atoms with Crippen LogP contribution in [-0.4, -0.2) is 47.6 Å². The van der Waals surface area contributed by atoms with E-state index in [2.05, 4.69) is 10.4 Å². The van der Waals surface area contributed by atoms with E-state index in [0.29, 0.717) is 41.6 Å². The summed E-state index contributed by atoms with van der Waals surface area (Å²) in [5.41, 5.74) is -0.0794. The highest BCUT2D eigenvalue weighted by Gasteiger charge is 2.20. The van der Waals surface area contributed by atoms with Crippen molar-refractivity contribution in [3.8, 4) is 11.4 Å². The summed E-state index contributed by atoms with van der Waals surface area (Å²) in [4.78, 5) is 39.1. The summed E-state index contributed by atoms with van der Waals surface area (Å²) in [7, 11) is 3.08. The van der Waals surface area contributed by atoms with Gasteiger partial charge in [0.1, 0.15) is 5.75 Å². The lowest BCUT2D eigenvalue weighted by molar-refractivity contribution is 0.0938. The van der Waals surface area contributed by atoms with Crippen molar-refractivity contribution in [1.29, 1.82) is 0 Å². The molecule has 1 heterocycles. The standard InChI is InChI=1S/C23H25ClN4O5/c1-15-8-9-17(13-19(15)24)28-23(31)27(14-16-6-4-7-18(12-16)33-3)22(30)20(26-28)21(29)25-10-5-11-32-2/h4,6-9,12-13H,5,10-11,14H2,1-3H3,(H,25,29). The van der Waals surface area contributed by atoms with Gasteiger partial charge in [0.15, 0.2) is 0 Å². The zero-order valence-corrected chi connectivity index (χ0v) is 19.4. The van der Waals surface area contributed by atoms with Crippen LogP contribution in [0.1, 0.15) is 28.0 Å². The number of hydrogen-bond donors (Lipinski definition) is 1. The Balaban J connectivity index is 2.11. The first-order valence-corrected chi connectivity index (χ1v) is 10.6. The minimum atomic E-state index is -0.790. The van der Waals surface area contributed by atoms with Gasteiger partial charge in [0, 0.05) is 25.3 Å². The third-order valence-electron chi connectivity index (χ3n) is 4.96. The van der Waals surface area contributed by atoms with E-state index in [1.54, 1.807) is 49.6 Å². The molecular weight excluding hydrogens is 448 g/mol. The Labute approximate surface area is 195 Å². The van der Waals surface area contributed by atoms with E-state index >= 15 is 0 Å². The van der Waals surface area contributed by atoms with Crippen LogP contribution >= 0.6 is 11.6 Å². The zero-order chi connectivity index (χ0) is 24.0. The second-order valence-corrected chi connectivity index (χ2v) is 7.73. The molecule has 0 bridgehead atoms. The summed E-state index contributed by atoms with van der Waals surface area (Å²) >= 11 is 6.23. The number of aryl methyl sites for hydroxylation is 1. The number of halogens is 1. The highest BCUT2D eigenvalue weighted by atomic mass is 35.5. The molecule has 1 aromatic heterocycles. The van der Waals surface area contributed by atoms with Crippen LogP contribution in [0.4, 0.5) is 0 Å². The summed E-state index contributed by atoms with van der Waals surface area (Å²) in [5.74, 6) is -0.0983. The predicted molar refractivity (Wildman–Crippen MR) is 125 cm³/mol. The Kier molecular flexibility index (Phi) is 8.02. The maximum absolute atomic E-state index is 13.3. The average molecular weight is 473 g/mol. The highest BCUT2D eigenvalue weighted by Crippen LogP contribution is 2.18. The van der Waals surface area contributed by atoms with Crippen LogP contribution in [0.5, 0.6) is 5.75 Å². The molecule has 10 heteroatoms. The molecule has 0 saturated heterocycles. The molecule has 0 unspecified atom stereocenters. The molecule has 1 N–H and O–H groups in total. The maximum atomic E-state index is 13.3. The summed E-state index contributed by atoms with van der Waals surface area (Å²) in [5, 5.41) is 7.17. The van der Waals surface area contributed by atoms with Crippen molar-refractivity contribution in [3.05, 3.63) is 85.1 Å². The molecule has 0 aliphatic rings. The molecule has 0 radical (unpaired) electrons. The van der Waals surface area contributed by atoms with Crippen LogP contribution in [-0.2, 0) is 11.3 Å². The van der Waals surface area contributed by atoms with Crippen molar-refractivity contribution in [2.75, 3.05) is 27.4 Å². The van der Waals surface area contributed by atoms with Gasteiger partial charge in [0.05, 0.1) is 19.3 Å². The number of methoxy groups -OCH3 is 2. The first kappa shape index (κ1) is 24.2. The first-order valence-electron chi connectivity index (χ1n) is 10.3. The van der Waals surface area contributed by atoms with Gasteiger partial charge in [-0.2, -0.15) is 9.78 Å². The molecule has 174 valence electrons. The van der Waals surface area contributed by atoms with Gasteiger partial charge in [-0.15, -0.1) is 0 Å². The van der Waals surface area contributed by atoms with Crippen molar-refractivity contribution < 1.29 is 14.3 Å². The van der Waals surface area contributed by atoms with Crippen LogP contribution < -0.4 is 21.3 Å². The van der Waals surface area contributed by atoms with Gasteiger partial charge in [-0.3, -0.25) is 14.2 Å². The summed E-state index contributed by atoms with van der Waals surface area (Å²) < 4.78 is 12.2. The molecule has 9 nitrogen and oxygen atoms in total. The van der Waals surface area contributed by atoms with Crippen LogP contribution in [0.25, 0.3) is 5.69 Å². The van der Waals surface area contributed by atoms with E-state index in [1.807, 2.05) is 6.92 Å². The number of ether oxygens (including phenoxy) is 2. The van der Waals surface area contributed by atoms with E-state index in [4.69, 9.17) is 21.1 Å². The number of aromatic nitrogens is 3. The third kappa shape index (κ3) is 5.68. The molecule has 2 aromatic carbocycles. The van der Waals surface area contributed by atoms with Gasteiger partial charge in [0.25, 0.3) is 11.5 Å². The number of nitrogens with one attached hydrogen (secondary N) is 1. The summed E-state index contributed by atoms with van der Waals surface area (Å²) in [6.07, 6.45) is 0.563. The van der Waals surface area contributed by atoms with E-state index in [1.165, 1.54) is 7.11 Å². The molecule has 3 rings (SSSR count). The quantitative estimate of drug-likeness (QED) is 0.479. The van der Waals surface area contributed by atoms with E-state index < -0.39 is 22.9 Å². The molecule has 0 spiro atoms. The predicted octanol–water partition coefficient (Wildman–Crippen LogP) is 2.18. The van der Waals surface area contributed by atoms with E-state index in [9.17, 15) is 14.4 Å². The number of nitrogens with zero attached hydrogens (tertiary/aromatic N) is 3. The third-order valence-corrected chi connectivity index (χ3v) is 5.37. The van der Waals surface area contributed by atoms with Crippen LogP contribution in [0, 0.1) is 6.92 Å². The fraction of sp³-hybridized carbons (Fsp3) is 0.304. The highest BCUT2D eigenvalue weighted by molar-refractivity contribution is 6.31. The lowest BCUT2D eigenvalue weighted by atomic mass is 10.2. The van der Waals surface area contributed by atoms with Gasteiger partial charge in [-0.1, -0.05) is 29.8 Å². The smallest absolute Gasteiger partial charge is 0.352 e. The van der Waals surface area contributed by atoms with Gasteiger partial charge in [-0.25, -0.2) is 4.79 Å². The molecule has 0 aliphatic carbocycles. The van der Waals surface area contributed by atoms with Crippen molar-refractivity contribution in [2.24, 2.45) is 0 Å². The first-order chi connectivity index (χ1) is 15.8. The monoisotopic (exact) mass is 472 g/mol. The van der Waals surface area contributed by atoms with Crippen molar-refractivity contribution in [1.82, 2.24) is 19.7 Å². The van der Waals surface area contributed by atoms with Crippen LogP contribution in [0.2, 0.25) is 5.02 Å². The minimum absolute atomic E-state index is 0.0685.